The van der Waals surface area contributed by atoms with E-state index in [1.807, 2.05) is 0 Å². The fourth-order valence-electron chi connectivity index (χ4n) is 3.00. The van der Waals surface area contributed by atoms with Crippen molar-refractivity contribution >= 4 is 17.2 Å². The van der Waals surface area contributed by atoms with Gasteiger partial charge in [0.15, 0.2) is 0 Å². The zero-order valence-corrected chi connectivity index (χ0v) is 9.86. The maximum absolute atomic E-state index is 10.8. The molecular formula is C15H17NO. The predicted molar refractivity (Wildman–Crippen MR) is 69.1 cm³/mol. The van der Waals surface area contributed by atoms with Gasteiger partial charge in [0.25, 0.3) is 0 Å². The highest BCUT2D eigenvalue weighted by atomic mass is 16.1. The van der Waals surface area contributed by atoms with Crippen molar-refractivity contribution in [3.8, 4) is 0 Å². The van der Waals surface area contributed by atoms with E-state index in [2.05, 4.69) is 35.4 Å². The molecule has 3 rings (SSSR count). The third-order valence-electron chi connectivity index (χ3n) is 4.03. The number of hydrogen-bond acceptors (Lipinski definition) is 1. The molecule has 1 fully saturated rings. The van der Waals surface area contributed by atoms with Crippen LogP contribution in [-0.4, -0.2) is 11.3 Å². The van der Waals surface area contributed by atoms with E-state index in [0.717, 1.165) is 32.0 Å². The van der Waals surface area contributed by atoms with Crippen molar-refractivity contribution in [2.45, 2.75) is 31.6 Å². The molecule has 2 aromatic rings. The molecule has 2 nitrogen and oxygen atoms in total. The topological polar surface area (TPSA) is 32.9 Å². The van der Waals surface area contributed by atoms with Crippen LogP contribution >= 0.6 is 0 Å². The van der Waals surface area contributed by atoms with E-state index in [-0.39, 0.29) is 0 Å². The lowest BCUT2D eigenvalue weighted by molar-refractivity contribution is -0.111. The molecule has 0 amide bonds. The van der Waals surface area contributed by atoms with Crippen molar-refractivity contribution in [3.05, 3.63) is 36.0 Å². The Balaban J connectivity index is 1.87. The summed E-state index contributed by atoms with van der Waals surface area (Å²) in [7, 11) is 0. The number of carbonyl (C=O) groups is 1. The molecule has 0 radical (unpaired) electrons. The molecule has 17 heavy (non-hydrogen) atoms. The highest BCUT2D eigenvalue weighted by Crippen LogP contribution is 2.37. The van der Waals surface area contributed by atoms with Gasteiger partial charge in [-0.3, -0.25) is 0 Å². The molecule has 0 spiro atoms. The number of H-pyrrole nitrogens is 1. The van der Waals surface area contributed by atoms with Crippen LogP contribution in [0.3, 0.4) is 0 Å². The lowest BCUT2D eigenvalue weighted by Crippen LogP contribution is -2.13. The first kappa shape index (κ1) is 10.6. The summed E-state index contributed by atoms with van der Waals surface area (Å²) < 4.78 is 0. The Morgan fingerprint density at radius 3 is 2.65 bits per heavy atom. The Morgan fingerprint density at radius 2 is 1.88 bits per heavy atom. The quantitative estimate of drug-likeness (QED) is 0.780. The van der Waals surface area contributed by atoms with Gasteiger partial charge in [0, 0.05) is 23.0 Å². The summed E-state index contributed by atoms with van der Waals surface area (Å²) in [5, 5.41) is 1.35. The largest absolute Gasteiger partial charge is 0.361 e. The number of aromatic nitrogens is 1. The zero-order valence-electron chi connectivity index (χ0n) is 9.86. The number of carbonyl (C=O) groups excluding carboxylic acids is 1. The molecule has 1 heterocycles. The standard InChI is InChI=1S/C15H17NO/c17-10-11-5-7-12(8-6-11)14-9-16-15-4-2-1-3-13(14)15/h1-4,9-12,16H,5-8H2. The van der Waals surface area contributed by atoms with Gasteiger partial charge in [-0.1, -0.05) is 18.2 Å². The maximum atomic E-state index is 10.8. The third kappa shape index (κ3) is 1.88. The summed E-state index contributed by atoms with van der Waals surface area (Å²) in [6.07, 6.45) is 7.67. The molecule has 88 valence electrons. The Morgan fingerprint density at radius 1 is 1.12 bits per heavy atom. The van der Waals surface area contributed by atoms with E-state index >= 15 is 0 Å². The SMILES string of the molecule is O=CC1CCC(c2c[nH]c3ccccc23)CC1. The van der Waals surface area contributed by atoms with Gasteiger partial charge in [-0.05, 0) is 43.2 Å². The van der Waals surface area contributed by atoms with Crippen LogP contribution in [0.1, 0.15) is 37.2 Å². The van der Waals surface area contributed by atoms with Gasteiger partial charge in [-0.25, -0.2) is 0 Å². The van der Waals surface area contributed by atoms with E-state index in [1.165, 1.54) is 16.5 Å². The van der Waals surface area contributed by atoms with Gasteiger partial charge in [-0.2, -0.15) is 0 Å². The first-order valence-electron chi connectivity index (χ1n) is 6.40. The Labute approximate surface area is 101 Å². The first-order valence-corrected chi connectivity index (χ1v) is 6.40. The van der Waals surface area contributed by atoms with Crippen molar-refractivity contribution in [2.24, 2.45) is 5.92 Å². The molecule has 1 N–H and O–H groups in total. The molecule has 1 aromatic carbocycles. The van der Waals surface area contributed by atoms with Crippen LogP contribution in [-0.2, 0) is 4.79 Å². The van der Waals surface area contributed by atoms with Crippen LogP contribution in [0, 0.1) is 5.92 Å². The molecule has 2 heteroatoms. The maximum Gasteiger partial charge on any atom is 0.123 e. The summed E-state index contributed by atoms with van der Waals surface area (Å²) in [5.41, 5.74) is 2.66. The van der Waals surface area contributed by atoms with Crippen molar-refractivity contribution in [1.29, 1.82) is 0 Å². The second kappa shape index (κ2) is 4.36. The molecule has 1 aromatic heterocycles. The van der Waals surface area contributed by atoms with Crippen LogP contribution in [0.2, 0.25) is 0 Å². The van der Waals surface area contributed by atoms with Crippen LogP contribution < -0.4 is 0 Å². The molecule has 0 aliphatic heterocycles. The summed E-state index contributed by atoms with van der Waals surface area (Å²) in [4.78, 5) is 14.1. The second-order valence-corrected chi connectivity index (χ2v) is 5.04. The smallest absolute Gasteiger partial charge is 0.123 e. The molecule has 0 unspecified atom stereocenters. The minimum Gasteiger partial charge on any atom is -0.361 e. The third-order valence-corrected chi connectivity index (χ3v) is 4.03. The highest BCUT2D eigenvalue weighted by Gasteiger charge is 2.23. The predicted octanol–water partition coefficient (Wildman–Crippen LogP) is 3.64. The van der Waals surface area contributed by atoms with E-state index in [4.69, 9.17) is 0 Å². The fourth-order valence-corrected chi connectivity index (χ4v) is 3.00. The van der Waals surface area contributed by atoms with Crippen molar-refractivity contribution < 1.29 is 4.79 Å². The van der Waals surface area contributed by atoms with Gasteiger partial charge in [0.05, 0.1) is 0 Å². The molecule has 1 saturated carbocycles. The minimum atomic E-state index is 0.302. The van der Waals surface area contributed by atoms with E-state index in [0.29, 0.717) is 11.8 Å². The minimum absolute atomic E-state index is 0.302. The summed E-state index contributed by atoms with van der Waals surface area (Å²) in [6.45, 7) is 0. The average Bonchev–Trinajstić information content (AvgIpc) is 2.83. The van der Waals surface area contributed by atoms with E-state index in [1.54, 1.807) is 0 Å². The number of aldehydes is 1. The summed E-state index contributed by atoms with van der Waals surface area (Å²) in [5.74, 6) is 0.929. The van der Waals surface area contributed by atoms with Crippen LogP contribution in [0.4, 0.5) is 0 Å². The molecule has 0 saturated heterocycles. The molecular weight excluding hydrogens is 210 g/mol. The number of aromatic amines is 1. The zero-order chi connectivity index (χ0) is 11.7. The van der Waals surface area contributed by atoms with Crippen LogP contribution in [0.25, 0.3) is 10.9 Å². The first-order chi connectivity index (χ1) is 8.38. The summed E-state index contributed by atoms with van der Waals surface area (Å²) in [6, 6.07) is 8.46. The van der Waals surface area contributed by atoms with Crippen molar-refractivity contribution in [2.75, 3.05) is 0 Å². The molecule has 1 aliphatic rings. The van der Waals surface area contributed by atoms with Gasteiger partial charge in [0.2, 0.25) is 0 Å². The fraction of sp³-hybridized carbons (Fsp3) is 0.400. The average molecular weight is 227 g/mol. The van der Waals surface area contributed by atoms with Gasteiger partial charge < -0.3 is 9.78 Å². The lowest BCUT2D eigenvalue weighted by Gasteiger charge is -2.25. The number of benzene rings is 1. The Bertz CT molecular complexity index is 520. The monoisotopic (exact) mass is 227 g/mol. The lowest BCUT2D eigenvalue weighted by atomic mass is 9.79. The number of para-hydroxylation sites is 1. The molecule has 1 aliphatic carbocycles. The highest BCUT2D eigenvalue weighted by molar-refractivity contribution is 5.83. The van der Waals surface area contributed by atoms with Crippen molar-refractivity contribution in [1.82, 2.24) is 4.98 Å². The number of fused-ring (bicyclic) bond motifs is 1. The second-order valence-electron chi connectivity index (χ2n) is 5.04. The van der Waals surface area contributed by atoms with E-state index in [9.17, 15) is 4.79 Å². The Hall–Kier alpha value is -1.57. The van der Waals surface area contributed by atoms with Gasteiger partial charge >= 0.3 is 0 Å². The van der Waals surface area contributed by atoms with Gasteiger partial charge in [0.1, 0.15) is 6.29 Å². The molecule has 0 bridgehead atoms. The van der Waals surface area contributed by atoms with Crippen molar-refractivity contribution in [3.63, 3.8) is 0 Å². The van der Waals surface area contributed by atoms with Crippen LogP contribution in [0.15, 0.2) is 30.5 Å². The number of hydrogen-bond donors (Lipinski definition) is 1. The Kier molecular flexibility index (Phi) is 2.71. The number of nitrogens with one attached hydrogen (secondary N) is 1. The molecule has 0 atom stereocenters. The van der Waals surface area contributed by atoms with Crippen LogP contribution in [0.5, 0.6) is 0 Å². The number of rotatable bonds is 2. The van der Waals surface area contributed by atoms with Gasteiger partial charge in [-0.15, -0.1) is 0 Å². The normalized spacial score (nSPS) is 24.9. The summed E-state index contributed by atoms with van der Waals surface area (Å²) >= 11 is 0. The van der Waals surface area contributed by atoms with E-state index < -0.39 is 0 Å².